The van der Waals surface area contributed by atoms with Gasteiger partial charge in [-0.15, -0.1) is 11.8 Å². The summed E-state index contributed by atoms with van der Waals surface area (Å²) >= 11 is 4.82. The van der Waals surface area contributed by atoms with Gasteiger partial charge in [0, 0.05) is 17.4 Å². The molecule has 1 aromatic rings. The first-order valence-corrected chi connectivity index (χ1v) is 6.71. The minimum absolute atomic E-state index is 0.0102. The molecule has 1 heterocycles. The highest BCUT2D eigenvalue weighted by molar-refractivity contribution is 9.10. The van der Waals surface area contributed by atoms with Crippen LogP contribution >= 0.6 is 27.7 Å². The second-order valence-electron chi connectivity index (χ2n) is 3.59. The molecule has 0 spiro atoms. The van der Waals surface area contributed by atoms with Crippen molar-refractivity contribution in [3.05, 3.63) is 26.3 Å². The lowest BCUT2D eigenvalue weighted by Crippen LogP contribution is -2.02. The number of rotatable bonds is 5. The lowest BCUT2D eigenvalue weighted by atomic mass is 10.2. The van der Waals surface area contributed by atoms with E-state index in [1.54, 1.807) is 6.92 Å². The van der Waals surface area contributed by atoms with E-state index >= 15 is 0 Å². The smallest absolute Gasteiger partial charge is 0.291 e. The molecule has 0 aliphatic carbocycles. The van der Waals surface area contributed by atoms with Gasteiger partial charge in [-0.2, -0.15) is 0 Å². The molecule has 0 radical (unpaired) electrons. The number of hydrogen-bond acceptors (Lipinski definition) is 5. The summed E-state index contributed by atoms with van der Waals surface area (Å²) in [7, 11) is 0. The molecular formula is C10H13BrN2O3S. The van der Waals surface area contributed by atoms with Crippen LogP contribution in [0.1, 0.15) is 18.9 Å². The van der Waals surface area contributed by atoms with Crippen molar-refractivity contribution >= 4 is 33.4 Å². The van der Waals surface area contributed by atoms with E-state index in [2.05, 4.69) is 20.9 Å². The molecule has 0 saturated heterocycles. The molecule has 0 amide bonds. The molecule has 1 unspecified atom stereocenters. The van der Waals surface area contributed by atoms with Gasteiger partial charge >= 0.3 is 0 Å². The van der Waals surface area contributed by atoms with Crippen molar-refractivity contribution in [2.75, 3.05) is 6.61 Å². The van der Waals surface area contributed by atoms with Crippen LogP contribution in [0.25, 0.3) is 0 Å². The van der Waals surface area contributed by atoms with Crippen LogP contribution in [0.4, 0.5) is 5.69 Å². The Kier molecular flexibility index (Phi) is 5.35. The number of nitro groups is 1. The quantitative estimate of drug-likeness (QED) is 0.513. The molecule has 1 aromatic heterocycles. The standard InChI is InChI=1S/C10H13BrN2O3S/c1-6(3-4-14)17-10-9(11)7(2)8(5-12-10)13(15)16/h5-6,14H,3-4H2,1-2H3. The highest BCUT2D eigenvalue weighted by Crippen LogP contribution is 2.35. The lowest BCUT2D eigenvalue weighted by molar-refractivity contribution is -0.385. The fraction of sp³-hybridized carbons (Fsp3) is 0.500. The van der Waals surface area contributed by atoms with Crippen LogP contribution in [0.15, 0.2) is 15.7 Å². The van der Waals surface area contributed by atoms with Gasteiger partial charge in [-0.25, -0.2) is 4.98 Å². The number of nitrogens with zero attached hydrogens (tertiary/aromatic N) is 2. The summed E-state index contributed by atoms with van der Waals surface area (Å²) in [6.45, 7) is 3.79. The zero-order valence-electron chi connectivity index (χ0n) is 9.51. The monoisotopic (exact) mass is 320 g/mol. The topological polar surface area (TPSA) is 76.3 Å². The SMILES string of the molecule is Cc1c([N+](=O)[O-])cnc(SC(C)CCO)c1Br. The molecule has 0 fully saturated rings. The van der Waals surface area contributed by atoms with E-state index in [1.165, 1.54) is 18.0 Å². The number of thioether (sulfide) groups is 1. The van der Waals surface area contributed by atoms with E-state index in [1.807, 2.05) is 6.92 Å². The largest absolute Gasteiger partial charge is 0.396 e. The molecule has 0 bridgehead atoms. The summed E-state index contributed by atoms with van der Waals surface area (Å²) in [5.41, 5.74) is 0.583. The molecule has 5 nitrogen and oxygen atoms in total. The highest BCUT2D eigenvalue weighted by Gasteiger charge is 2.18. The summed E-state index contributed by atoms with van der Waals surface area (Å²) in [5, 5.41) is 20.5. The summed E-state index contributed by atoms with van der Waals surface area (Å²) in [4.78, 5) is 14.3. The number of halogens is 1. The van der Waals surface area contributed by atoms with Crippen molar-refractivity contribution in [2.45, 2.75) is 30.5 Å². The van der Waals surface area contributed by atoms with Crippen molar-refractivity contribution in [1.82, 2.24) is 4.98 Å². The summed E-state index contributed by atoms with van der Waals surface area (Å²) in [6, 6.07) is 0. The van der Waals surface area contributed by atoms with Gasteiger partial charge in [0.05, 0.1) is 9.40 Å². The van der Waals surface area contributed by atoms with E-state index in [0.717, 1.165) is 0 Å². The number of hydrogen-bond donors (Lipinski definition) is 1. The summed E-state index contributed by atoms with van der Waals surface area (Å²) in [5.74, 6) is 0. The van der Waals surface area contributed by atoms with Crippen molar-refractivity contribution in [2.24, 2.45) is 0 Å². The van der Waals surface area contributed by atoms with Gasteiger partial charge in [-0.05, 0) is 29.3 Å². The van der Waals surface area contributed by atoms with Crippen LogP contribution in [0.5, 0.6) is 0 Å². The van der Waals surface area contributed by atoms with Crippen LogP contribution in [0, 0.1) is 17.0 Å². The zero-order chi connectivity index (χ0) is 13.0. The van der Waals surface area contributed by atoms with Gasteiger partial charge in [0.1, 0.15) is 11.2 Å². The Morgan fingerprint density at radius 1 is 1.71 bits per heavy atom. The molecule has 0 aliphatic rings. The average Bonchev–Trinajstić information content (AvgIpc) is 2.25. The Hall–Kier alpha value is -0.660. The summed E-state index contributed by atoms with van der Waals surface area (Å²) in [6.07, 6.45) is 1.93. The molecule has 1 N–H and O–H groups in total. The first kappa shape index (κ1) is 14.4. The van der Waals surface area contributed by atoms with E-state index < -0.39 is 4.92 Å². The predicted molar refractivity (Wildman–Crippen MR) is 70.4 cm³/mol. The number of aromatic nitrogens is 1. The van der Waals surface area contributed by atoms with E-state index in [0.29, 0.717) is 21.5 Å². The predicted octanol–water partition coefficient (Wildman–Crippen LogP) is 2.92. The molecule has 17 heavy (non-hydrogen) atoms. The van der Waals surface area contributed by atoms with Crippen molar-refractivity contribution in [3.8, 4) is 0 Å². The molecule has 7 heteroatoms. The summed E-state index contributed by atoms with van der Waals surface area (Å²) < 4.78 is 0.654. The second-order valence-corrected chi connectivity index (χ2v) is 5.81. The van der Waals surface area contributed by atoms with Crippen LogP contribution in [-0.4, -0.2) is 26.9 Å². The van der Waals surface area contributed by atoms with Gasteiger partial charge in [0.15, 0.2) is 0 Å². The molecule has 1 atom stereocenters. The molecule has 0 aromatic carbocycles. The van der Waals surface area contributed by atoms with E-state index in [9.17, 15) is 10.1 Å². The Morgan fingerprint density at radius 2 is 2.35 bits per heavy atom. The maximum atomic E-state index is 10.7. The third-order valence-corrected chi connectivity index (χ3v) is 4.65. The van der Waals surface area contributed by atoms with Crippen LogP contribution in [0.2, 0.25) is 0 Å². The number of aliphatic hydroxyl groups is 1. The molecule has 0 saturated carbocycles. The van der Waals surface area contributed by atoms with Crippen molar-refractivity contribution in [1.29, 1.82) is 0 Å². The first-order valence-electron chi connectivity index (χ1n) is 5.04. The third-order valence-electron chi connectivity index (χ3n) is 2.25. The van der Waals surface area contributed by atoms with Gasteiger partial charge in [-0.3, -0.25) is 10.1 Å². The van der Waals surface area contributed by atoms with E-state index in [4.69, 9.17) is 5.11 Å². The molecule has 0 aliphatic heterocycles. The second kappa shape index (κ2) is 6.32. The third kappa shape index (κ3) is 3.65. The normalized spacial score (nSPS) is 12.5. The Morgan fingerprint density at radius 3 is 2.88 bits per heavy atom. The lowest BCUT2D eigenvalue weighted by Gasteiger charge is -2.11. The fourth-order valence-electron chi connectivity index (χ4n) is 1.24. The van der Waals surface area contributed by atoms with Gasteiger partial charge in [0.25, 0.3) is 5.69 Å². The highest BCUT2D eigenvalue weighted by atomic mass is 79.9. The Labute approximate surface area is 112 Å². The first-order chi connectivity index (χ1) is 7.97. The zero-order valence-corrected chi connectivity index (χ0v) is 11.9. The molecule has 94 valence electrons. The fourth-order valence-corrected chi connectivity index (χ4v) is 2.80. The maximum Gasteiger partial charge on any atom is 0.291 e. The number of aliphatic hydroxyl groups excluding tert-OH is 1. The van der Waals surface area contributed by atoms with Crippen molar-refractivity contribution in [3.63, 3.8) is 0 Å². The number of pyridine rings is 1. The Balaban J connectivity index is 2.96. The molecule has 1 rings (SSSR count). The maximum absolute atomic E-state index is 10.7. The van der Waals surface area contributed by atoms with E-state index in [-0.39, 0.29) is 17.5 Å². The Bertz CT molecular complexity index is 428. The average molecular weight is 321 g/mol. The minimum Gasteiger partial charge on any atom is -0.396 e. The van der Waals surface area contributed by atoms with Crippen LogP contribution < -0.4 is 0 Å². The van der Waals surface area contributed by atoms with Crippen LogP contribution in [-0.2, 0) is 0 Å². The molecular weight excluding hydrogens is 308 g/mol. The van der Waals surface area contributed by atoms with Gasteiger partial charge < -0.3 is 5.11 Å². The van der Waals surface area contributed by atoms with Crippen LogP contribution in [0.3, 0.4) is 0 Å². The van der Waals surface area contributed by atoms with Gasteiger partial charge in [0.2, 0.25) is 0 Å². The van der Waals surface area contributed by atoms with Gasteiger partial charge in [-0.1, -0.05) is 6.92 Å². The minimum atomic E-state index is -0.446. The van der Waals surface area contributed by atoms with Crippen molar-refractivity contribution < 1.29 is 10.0 Å².